The summed E-state index contributed by atoms with van der Waals surface area (Å²) < 4.78 is 5.62. The number of hydrogen-bond donors (Lipinski definition) is 6. The number of methoxy groups -OCH3 is 1. The predicted octanol–water partition coefficient (Wildman–Crippen LogP) is 1.77. The summed E-state index contributed by atoms with van der Waals surface area (Å²) in [7, 11) is 4.45. The zero-order valence-corrected chi connectivity index (χ0v) is 26.1. The zero-order valence-electron chi connectivity index (χ0n) is 26.1. The van der Waals surface area contributed by atoms with Gasteiger partial charge >= 0.3 is 0 Å². The van der Waals surface area contributed by atoms with Crippen molar-refractivity contribution in [2.75, 3.05) is 34.3 Å². The second-order valence-corrected chi connectivity index (χ2v) is 13.0. The van der Waals surface area contributed by atoms with E-state index in [1.807, 2.05) is 18.2 Å². The van der Waals surface area contributed by atoms with Crippen molar-refractivity contribution in [2.45, 2.75) is 50.0 Å². The first kappa shape index (κ1) is 31.7. The number of fused-ring (bicyclic) bond motifs is 3. The van der Waals surface area contributed by atoms with Gasteiger partial charge in [0.05, 0.1) is 30.7 Å². The van der Waals surface area contributed by atoms with Gasteiger partial charge in [0.15, 0.2) is 11.4 Å². The smallest absolute Gasteiger partial charge is 0.255 e. The molecule has 1 heterocycles. The molecule has 1 aliphatic heterocycles. The Balaban J connectivity index is 1.53. The van der Waals surface area contributed by atoms with Gasteiger partial charge in [0.25, 0.3) is 5.91 Å². The Hall–Kier alpha value is -4.23. The topological polar surface area (TPSA) is 194 Å². The van der Waals surface area contributed by atoms with E-state index in [1.165, 1.54) is 26.1 Å². The number of phenols is 1. The number of Topliss-reactive ketones (excluding diaryl/α,β-unsaturated/α-hetero) is 2. The van der Waals surface area contributed by atoms with Crippen LogP contribution in [-0.4, -0.2) is 105 Å². The molecule has 2 aromatic carbocycles. The lowest BCUT2D eigenvalue weighted by Gasteiger charge is -2.53. The van der Waals surface area contributed by atoms with Crippen LogP contribution in [0.25, 0.3) is 16.9 Å². The van der Waals surface area contributed by atoms with Crippen LogP contribution in [0.1, 0.15) is 42.4 Å². The maximum Gasteiger partial charge on any atom is 0.255 e. The summed E-state index contributed by atoms with van der Waals surface area (Å²) in [5.41, 5.74) is 3.29. The molecule has 2 fully saturated rings. The molecule has 0 unspecified atom stereocenters. The molecule has 1 amide bonds. The van der Waals surface area contributed by atoms with E-state index < -0.39 is 75.6 Å². The lowest BCUT2D eigenvalue weighted by molar-refractivity contribution is -0.169. The molecule has 0 spiro atoms. The predicted molar refractivity (Wildman–Crippen MR) is 167 cm³/mol. The fourth-order valence-electron chi connectivity index (χ4n) is 8.10. The van der Waals surface area contributed by atoms with E-state index in [-0.39, 0.29) is 11.3 Å². The minimum atomic E-state index is -2.97. The van der Waals surface area contributed by atoms with Crippen molar-refractivity contribution in [3.63, 3.8) is 0 Å². The Bertz CT molecular complexity index is 1720. The van der Waals surface area contributed by atoms with E-state index in [0.29, 0.717) is 29.0 Å². The van der Waals surface area contributed by atoms with Gasteiger partial charge < -0.3 is 36.0 Å². The number of aromatic hydroxyl groups is 1. The third kappa shape index (κ3) is 4.38. The molecule has 244 valence electrons. The molecule has 0 bridgehead atoms. The molecule has 6 atom stereocenters. The van der Waals surface area contributed by atoms with Gasteiger partial charge in [-0.2, -0.15) is 0 Å². The molecular formula is C34H39N3O9. The number of likely N-dealkylation sites (N-methyl/N-ethyl adjacent to an activating group) is 1. The quantitative estimate of drug-likeness (QED) is 0.254. The maximum absolute atomic E-state index is 14.3. The van der Waals surface area contributed by atoms with Gasteiger partial charge in [-0.15, -0.1) is 0 Å². The molecule has 6 rings (SSSR count). The molecule has 12 nitrogen and oxygen atoms in total. The standard InChI is InChI=1S/C34H39N3O9/c1-15-17-8-9-18(19-13-16(7-10-20(19)46-4)14-37-11-5-6-12-37)27(38)22(17)28(39)23-21(15)29(40)25-26(36(2)3)30(41)24(33(35)44)32(43)34(25,45)31(23)42/h7-10,13,15,21,25-26,29,38-40,43,45H,5-6,11-12,14H2,1-4H3,(H2,35,44)/t15-,21+,25+,26-,29-,34-/m0/s1. The fraction of sp³-hybridized carbons (Fsp3) is 0.441. The number of phenolic OH excluding ortho intramolecular Hbond substituents is 1. The molecule has 46 heavy (non-hydrogen) atoms. The number of nitrogens with zero attached hydrogens (tertiary/aromatic N) is 2. The molecule has 2 aromatic rings. The monoisotopic (exact) mass is 633 g/mol. The summed E-state index contributed by atoms with van der Waals surface area (Å²) in [5, 5.41) is 58.4. The Morgan fingerprint density at radius 3 is 2.37 bits per heavy atom. The van der Waals surface area contributed by atoms with Crippen molar-refractivity contribution < 1.29 is 44.7 Å². The zero-order chi connectivity index (χ0) is 33.4. The highest BCUT2D eigenvalue weighted by atomic mass is 16.5. The highest BCUT2D eigenvalue weighted by molar-refractivity contribution is 6.24. The number of rotatable bonds is 6. The number of likely N-dealkylation sites (tertiary alicyclic amines) is 1. The molecule has 12 heteroatoms. The molecule has 0 radical (unpaired) electrons. The summed E-state index contributed by atoms with van der Waals surface area (Å²) in [4.78, 5) is 43.6. The second-order valence-electron chi connectivity index (χ2n) is 13.0. The van der Waals surface area contributed by atoms with Crippen molar-refractivity contribution in [3.8, 4) is 22.6 Å². The average molecular weight is 634 g/mol. The first-order valence-corrected chi connectivity index (χ1v) is 15.3. The van der Waals surface area contributed by atoms with E-state index in [2.05, 4.69) is 4.90 Å². The number of hydrogen-bond acceptors (Lipinski definition) is 11. The van der Waals surface area contributed by atoms with Crippen LogP contribution in [0.15, 0.2) is 47.2 Å². The molecular weight excluding hydrogens is 594 g/mol. The van der Waals surface area contributed by atoms with Crippen LogP contribution in [0.5, 0.6) is 11.5 Å². The van der Waals surface area contributed by atoms with Crippen molar-refractivity contribution >= 4 is 23.2 Å². The van der Waals surface area contributed by atoms with Crippen LogP contribution in [0, 0.1) is 11.8 Å². The van der Waals surface area contributed by atoms with E-state index in [1.54, 1.807) is 19.1 Å². The van der Waals surface area contributed by atoms with Crippen LogP contribution < -0.4 is 10.5 Å². The first-order valence-electron chi connectivity index (χ1n) is 15.3. The average Bonchev–Trinajstić information content (AvgIpc) is 3.51. The number of benzene rings is 2. The lowest BCUT2D eigenvalue weighted by atomic mass is 9.54. The molecule has 7 N–H and O–H groups in total. The van der Waals surface area contributed by atoms with Crippen molar-refractivity contribution in [2.24, 2.45) is 17.6 Å². The van der Waals surface area contributed by atoms with Gasteiger partial charge in [-0.1, -0.05) is 25.1 Å². The molecule has 1 saturated heterocycles. The van der Waals surface area contributed by atoms with E-state index in [9.17, 15) is 39.9 Å². The van der Waals surface area contributed by atoms with E-state index in [4.69, 9.17) is 10.5 Å². The third-order valence-electron chi connectivity index (χ3n) is 10.3. The minimum Gasteiger partial charge on any atom is -0.508 e. The van der Waals surface area contributed by atoms with Crippen molar-refractivity contribution in [3.05, 3.63) is 63.9 Å². The van der Waals surface area contributed by atoms with Crippen molar-refractivity contribution in [1.82, 2.24) is 9.80 Å². The third-order valence-corrected chi connectivity index (χ3v) is 10.3. The highest BCUT2D eigenvalue weighted by Crippen LogP contribution is 2.57. The Kier molecular flexibility index (Phi) is 7.75. The molecule has 0 aromatic heterocycles. The number of amides is 1. The SMILES string of the molecule is COc1ccc(CN2CCCC2)cc1-c1ccc2c(c1O)C(O)=C1C(=O)[C@]3(O)C(O)=C(C(N)=O)C(=O)[C@@H](N(C)C)[C@@H]3[C@@H](O)[C@@H]1[C@H]2C. The normalized spacial score (nSPS) is 29.6. The first-order chi connectivity index (χ1) is 21.7. The van der Waals surface area contributed by atoms with Gasteiger partial charge in [0.1, 0.15) is 28.6 Å². The summed E-state index contributed by atoms with van der Waals surface area (Å²) in [6, 6.07) is 7.66. The largest absolute Gasteiger partial charge is 0.508 e. The Labute approximate surface area is 266 Å². The number of ether oxygens (including phenoxy) is 1. The highest BCUT2D eigenvalue weighted by Gasteiger charge is 2.68. The second kappa shape index (κ2) is 11.2. The number of aliphatic hydroxyl groups is 4. The number of nitrogens with two attached hydrogens (primary N) is 1. The van der Waals surface area contributed by atoms with Crippen LogP contribution in [-0.2, 0) is 20.9 Å². The van der Waals surface area contributed by atoms with Gasteiger partial charge in [-0.3, -0.25) is 24.2 Å². The number of carbonyl (C=O) groups excluding carboxylic acids is 3. The Morgan fingerprint density at radius 2 is 1.76 bits per heavy atom. The number of ketones is 2. The fourth-order valence-corrected chi connectivity index (χ4v) is 8.10. The van der Waals surface area contributed by atoms with Gasteiger partial charge in [0, 0.05) is 29.2 Å². The Morgan fingerprint density at radius 1 is 1.09 bits per heavy atom. The number of aliphatic hydroxyl groups excluding tert-OH is 3. The van der Waals surface area contributed by atoms with E-state index in [0.717, 1.165) is 31.5 Å². The molecule has 3 aliphatic carbocycles. The van der Waals surface area contributed by atoms with Gasteiger partial charge in [-0.25, -0.2) is 0 Å². The summed E-state index contributed by atoms with van der Waals surface area (Å²) in [6.07, 6.45) is 0.614. The van der Waals surface area contributed by atoms with Crippen molar-refractivity contribution in [1.29, 1.82) is 0 Å². The van der Waals surface area contributed by atoms with Crippen LogP contribution in [0.4, 0.5) is 0 Å². The van der Waals surface area contributed by atoms with Crippen LogP contribution in [0.3, 0.4) is 0 Å². The maximum atomic E-state index is 14.3. The van der Waals surface area contributed by atoms with Crippen LogP contribution in [0.2, 0.25) is 0 Å². The van der Waals surface area contributed by atoms with E-state index >= 15 is 0 Å². The van der Waals surface area contributed by atoms with Crippen LogP contribution >= 0.6 is 0 Å². The number of primary amides is 1. The lowest BCUT2D eigenvalue weighted by Crippen LogP contribution is -2.70. The number of carbonyl (C=O) groups is 3. The van der Waals surface area contributed by atoms with Gasteiger partial charge in [0.2, 0.25) is 5.78 Å². The summed E-state index contributed by atoms with van der Waals surface area (Å²) in [6.45, 7) is 4.40. The molecule has 4 aliphatic rings. The summed E-state index contributed by atoms with van der Waals surface area (Å²) >= 11 is 0. The van der Waals surface area contributed by atoms with Gasteiger partial charge in [-0.05, 0) is 69.2 Å². The minimum absolute atomic E-state index is 0.0690. The molecule has 1 saturated carbocycles. The summed E-state index contributed by atoms with van der Waals surface area (Å²) in [5.74, 6) is -8.76.